The highest BCUT2D eigenvalue weighted by Crippen LogP contribution is 2.38. The fraction of sp³-hybridized carbons (Fsp3) is 0.179. The Morgan fingerprint density at radius 2 is 1.54 bits per heavy atom. The smallest absolute Gasteiger partial charge is 0.335 e. The predicted octanol–water partition coefficient (Wildman–Crippen LogP) is 6.69. The van der Waals surface area contributed by atoms with E-state index >= 15 is 0 Å². The zero-order valence-electron chi connectivity index (χ0n) is 20.9. The second kappa shape index (κ2) is 12.4. The van der Waals surface area contributed by atoms with E-state index in [0.717, 1.165) is 10.5 Å². The van der Waals surface area contributed by atoms with Gasteiger partial charge in [-0.05, 0) is 79.6 Å². The molecule has 0 bridgehead atoms. The molecular weight excluding hydrogens is 567 g/mol. The number of hydrogen-bond donors (Lipinski definition) is 1. The van der Waals surface area contributed by atoms with Gasteiger partial charge in [-0.15, -0.1) is 0 Å². The number of nitrogens with zero attached hydrogens (tertiary/aromatic N) is 1. The minimum atomic E-state index is -0.856. The minimum Gasteiger partial charge on any atom is -0.494 e. The maximum absolute atomic E-state index is 13.3. The van der Waals surface area contributed by atoms with Gasteiger partial charge in [0.25, 0.3) is 11.8 Å². The molecule has 11 heteroatoms. The van der Waals surface area contributed by atoms with Gasteiger partial charge in [-0.2, -0.15) is 0 Å². The van der Waals surface area contributed by atoms with E-state index in [-0.39, 0.29) is 28.6 Å². The molecule has 1 fully saturated rings. The average molecular weight is 590 g/mol. The van der Waals surface area contributed by atoms with Crippen LogP contribution < -0.4 is 24.4 Å². The van der Waals surface area contributed by atoms with Crippen molar-refractivity contribution in [3.8, 4) is 17.2 Å². The predicted molar refractivity (Wildman–Crippen MR) is 150 cm³/mol. The Morgan fingerprint density at radius 1 is 0.821 bits per heavy atom. The van der Waals surface area contributed by atoms with Crippen LogP contribution in [0.4, 0.5) is 10.5 Å². The lowest BCUT2D eigenvalue weighted by molar-refractivity contribution is -0.122. The number of carbonyl (C=O) groups is 3. The summed E-state index contributed by atoms with van der Waals surface area (Å²) in [5.41, 5.74) is 1.17. The van der Waals surface area contributed by atoms with Gasteiger partial charge in [0.2, 0.25) is 0 Å². The molecule has 1 aliphatic rings. The number of imide groups is 2. The van der Waals surface area contributed by atoms with Crippen LogP contribution in [-0.4, -0.2) is 31.1 Å². The van der Waals surface area contributed by atoms with E-state index in [1.54, 1.807) is 55.5 Å². The summed E-state index contributed by atoms with van der Waals surface area (Å²) >= 11 is 18.6. The summed E-state index contributed by atoms with van der Waals surface area (Å²) in [4.78, 5) is 39.3. The van der Waals surface area contributed by atoms with Gasteiger partial charge in [0.1, 0.15) is 17.9 Å². The van der Waals surface area contributed by atoms with Gasteiger partial charge in [-0.25, -0.2) is 9.69 Å². The van der Waals surface area contributed by atoms with Crippen molar-refractivity contribution in [2.45, 2.75) is 20.5 Å². The van der Waals surface area contributed by atoms with E-state index in [0.29, 0.717) is 40.3 Å². The summed E-state index contributed by atoms with van der Waals surface area (Å²) in [5, 5.41) is 3.21. The van der Waals surface area contributed by atoms with Crippen LogP contribution in [0.3, 0.4) is 0 Å². The van der Waals surface area contributed by atoms with E-state index in [9.17, 15) is 14.4 Å². The third-order valence-corrected chi connectivity index (χ3v) is 6.54. The van der Waals surface area contributed by atoms with Crippen LogP contribution in [-0.2, 0) is 16.2 Å². The zero-order valence-corrected chi connectivity index (χ0v) is 23.2. The first kappa shape index (κ1) is 28.3. The molecule has 4 amide bonds. The van der Waals surface area contributed by atoms with Crippen LogP contribution in [0.1, 0.15) is 25.0 Å². The summed E-state index contributed by atoms with van der Waals surface area (Å²) < 4.78 is 17.0. The lowest BCUT2D eigenvalue weighted by Crippen LogP contribution is -2.54. The fourth-order valence-corrected chi connectivity index (χ4v) is 4.37. The Balaban J connectivity index is 1.63. The number of barbiturate groups is 1. The molecule has 0 aromatic heterocycles. The number of carbonyl (C=O) groups excluding carboxylic acids is 3. The van der Waals surface area contributed by atoms with Crippen LogP contribution >= 0.6 is 34.8 Å². The normalized spacial score (nSPS) is 14.4. The number of hydrogen-bond acceptors (Lipinski definition) is 6. The van der Waals surface area contributed by atoms with E-state index in [2.05, 4.69) is 5.32 Å². The molecule has 4 rings (SSSR count). The molecule has 0 atom stereocenters. The SMILES string of the molecule is CCOc1ccc(N2C(=O)NC(=O)/C(=C\c3cc(Cl)c(OCc4ccc(Cl)c(Cl)c4)c(OCC)c3)C2=O)cc1. The van der Waals surface area contributed by atoms with Crippen LogP contribution in [0.15, 0.2) is 60.2 Å². The molecule has 8 nitrogen and oxygen atoms in total. The molecule has 0 saturated carbocycles. The monoisotopic (exact) mass is 588 g/mol. The van der Waals surface area contributed by atoms with Crippen molar-refractivity contribution < 1.29 is 28.6 Å². The van der Waals surface area contributed by atoms with Crippen LogP contribution in [0.2, 0.25) is 15.1 Å². The van der Waals surface area contributed by atoms with Crippen LogP contribution in [0.5, 0.6) is 17.2 Å². The second-order valence-electron chi connectivity index (χ2n) is 8.18. The Morgan fingerprint density at radius 3 is 2.21 bits per heavy atom. The third-order valence-electron chi connectivity index (χ3n) is 5.52. The lowest BCUT2D eigenvalue weighted by Gasteiger charge is -2.26. The number of ether oxygens (including phenoxy) is 3. The first-order valence-corrected chi connectivity index (χ1v) is 13.0. The van der Waals surface area contributed by atoms with Crippen molar-refractivity contribution in [2.24, 2.45) is 0 Å². The van der Waals surface area contributed by atoms with E-state index in [1.807, 2.05) is 6.92 Å². The Hall–Kier alpha value is -3.72. The zero-order chi connectivity index (χ0) is 28.1. The van der Waals surface area contributed by atoms with Gasteiger partial charge in [0.05, 0.1) is 34.0 Å². The first-order chi connectivity index (χ1) is 18.7. The summed E-state index contributed by atoms with van der Waals surface area (Å²) in [6.07, 6.45) is 1.34. The summed E-state index contributed by atoms with van der Waals surface area (Å²) in [5.74, 6) is -0.460. The molecule has 1 aliphatic heterocycles. The molecule has 202 valence electrons. The lowest BCUT2D eigenvalue weighted by atomic mass is 10.1. The van der Waals surface area contributed by atoms with Crippen molar-refractivity contribution in [1.29, 1.82) is 0 Å². The highest BCUT2D eigenvalue weighted by atomic mass is 35.5. The Bertz CT molecular complexity index is 1460. The molecule has 0 spiro atoms. The average Bonchev–Trinajstić information content (AvgIpc) is 2.89. The van der Waals surface area contributed by atoms with Crippen LogP contribution in [0.25, 0.3) is 6.08 Å². The second-order valence-corrected chi connectivity index (χ2v) is 9.41. The Labute approximate surface area is 240 Å². The molecule has 0 radical (unpaired) electrons. The van der Waals surface area contributed by atoms with Crippen molar-refractivity contribution in [3.05, 3.63) is 86.4 Å². The molecule has 3 aromatic rings. The number of urea groups is 1. The van der Waals surface area contributed by atoms with E-state index in [1.165, 1.54) is 12.1 Å². The Kier molecular flexibility index (Phi) is 9.01. The summed E-state index contributed by atoms with van der Waals surface area (Å²) in [7, 11) is 0. The van der Waals surface area contributed by atoms with Crippen molar-refractivity contribution in [3.63, 3.8) is 0 Å². The molecular formula is C28H23Cl3N2O6. The third kappa shape index (κ3) is 6.47. The topological polar surface area (TPSA) is 94.2 Å². The molecule has 1 heterocycles. The standard InChI is InChI=1S/C28H23Cl3N2O6/c1-3-37-19-8-6-18(7-9-19)33-27(35)20(26(34)32-28(33)36)11-17-13-23(31)25(24(14-17)38-4-2)39-15-16-5-10-21(29)22(30)12-16/h5-14H,3-4,15H2,1-2H3,(H,32,34,36)/b20-11+. The number of amides is 4. The van der Waals surface area contributed by atoms with E-state index < -0.39 is 17.8 Å². The van der Waals surface area contributed by atoms with Gasteiger partial charge in [-0.3, -0.25) is 14.9 Å². The molecule has 1 saturated heterocycles. The summed E-state index contributed by atoms with van der Waals surface area (Å²) in [6.45, 7) is 4.54. The summed E-state index contributed by atoms with van der Waals surface area (Å²) in [6, 6.07) is 13.7. The van der Waals surface area contributed by atoms with Gasteiger partial charge >= 0.3 is 6.03 Å². The minimum absolute atomic E-state index is 0.136. The first-order valence-electron chi connectivity index (χ1n) is 11.9. The largest absolute Gasteiger partial charge is 0.494 e. The van der Waals surface area contributed by atoms with E-state index in [4.69, 9.17) is 49.0 Å². The van der Waals surface area contributed by atoms with Gasteiger partial charge in [0.15, 0.2) is 11.5 Å². The molecule has 39 heavy (non-hydrogen) atoms. The molecule has 0 aliphatic carbocycles. The van der Waals surface area contributed by atoms with Crippen molar-refractivity contribution in [1.82, 2.24) is 5.32 Å². The quantitative estimate of drug-likeness (QED) is 0.221. The molecule has 3 aromatic carbocycles. The maximum atomic E-state index is 13.3. The highest BCUT2D eigenvalue weighted by molar-refractivity contribution is 6.42. The van der Waals surface area contributed by atoms with Crippen molar-refractivity contribution >= 4 is 64.4 Å². The fourth-order valence-electron chi connectivity index (χ4n) is 3.78. The van der Waals surface area contributed by atoms with Crippen LogP contribution in [0, 0.1) is 0 Å². The highest BCUT2D eigenvalue weighted by Gasteiger charge is 2.37. The molecule has 1 N–H and O–H groups in total. The number of halogens is 3. The van der Waals surface area contributed by atoms with Gasteiger partial charge in [0, 0.05) is 0 Å². The van der Waals surface area contributed by atoms with Gasteiger partial charge < -0.3 is 14.2 Å². The number of rotatable bonds is 9. The molecule has 0 unspecified atom stereocenters. The van der Waals surface area contributed by atoms with Gasteiger partial charge in [-0.1, -0.05) is 40.9 Å². The maximum Gasteiger partial charge on any atom is 0.335 e. The van der Waals surface area contributed by atoms with Crippen molar-refractivity contribution in [2.75, 3.05) is 18.1 Å². The number of benzene rings is 3. The number of nitrogens with one attached hydrogen (secondary N) is 1. The number of anilines is 1.